The van der Waals surface area contributed by atoms with Gasteiger partial charge < -0.3 is 15.2 Å². The van der Waals surface area contributed by atoms with E-state index in [2.05, 4.69) is 11.9 Å². The molecule has 0 saturated heterocycles. The second-order valence-corrected chi connectivity index (χ2v) is 4.57. The van der Waals surface area contributed by atoms with E-state index in [1.54, 1.807) is 30.3 Å². The number of carboxylic acid groups (broad SMARTS) is 1. The van der Waals surface area contributed by atoms with Gasteiger partial charge in [-0.05, 0) is 0 Å². The normalized spacial score (nSPS) is 11.5. The summed E-state index contributed by atoms with van der Waals surface area (Å²) in [5, 5.41) is 11.3. The second-order valence-electron chi connectivity index (χ2n) is 4.57. The van der Waals surface area contributed by atoms with Crippen molar-refractivity contribution in [3.8, 4) is 0 Å². The Kier molecular flexibility index (Phi) is 7.56. The van der Waals surface area contributed by atoms with Crippen molar-refractivity contribution in [2.75, 3.05) is 13.2 Å². The lowest BCUT2D eigenvalue weighted by Crippen LogP contribution is -2.44. The third kappa shape index (κ3) is 6.32. The molecule has 0 heterocycles. The van der Waals surface area contributed by atoms with Gasteiger partial charge in [-0.25, -0.2) is 4.79 Å². The molecule has 22 heavy (non-hydrogen) atoms. The molecule has 1 amide bonds. The summed E-state index contributed by atoms with van der Waals surface area (Å²) in [4.78, 5) is 34.6. The predicted octanol–water partition coefficient (Wildman–Crippen LogP) is 1.42. The molecule has 1 unspecified atom stereocenters. The number of ketones is 1. The number of carbonyl (C=O) groups excluding carboxylic acids is 2. The smallest absolute Gasteiger partial charge is 0.328 e. The van der Waals surface area contributed by atoms with Crippen molar-refractivity contribution in [2.45, 2.75) is 18.9 Å². The average molecular weight is 305 g/mol. The lowest BCUT2D eigenvalue weighted by atomic mass is 10.1. The molecular formula is C16H19NO5. The molecule has 0 spiro atoms. The Morgan fingerprint density at radius 3 is 2.50 bits per heavy atom. The van der Waals surface area contributed by atoms with Crippen LogP contribution in [0.3, 0.4) is 0 Å². The Morgan fingerprint density at radius 1 is 1.23 bits per heavy atom. The van der Waals surface area contributed by atoms with Crippen LogP contribution < -0.4 is 5.32 Å². The van der Waals surface area contributed by atoms with Crippen LogP contribution >= 0.6 is 0 Å². The molecule has 1 aromatic carbocycles. The number of rotatable bonds is 10. The van der Waals surface area contributed by atoms with Crippen molar-refractivity contribution in [3.63, 3.8) is 0 Å². The Balaban J connectivity index is 2.41. The van der Waals surface area contributed by atoms with Gasteiger partial charge in [0.15, 0.2) is 11.8 Å². The van der Waals surface area contributed by atoms with E-state index in [9.17, 15) is 14.4 Å². The first-order chi connectivity index (χ1) is 10.5. The number of nitrogens with one attached hydrogen (secondary N) is 1. The van der Waals surface area contributed by atoms with Gasteiger partial charge in [0.05, 0.1) is 13.2 Å². The number of benzene rings is 1. The number of amides is 1. The van der Waals surface area contributed by atoms with Crippen molar-refractivity contribution in [3.05, 3.63) is 48.6 Å². The van der Waals surface area contributed by atoms with E-state index in [-0.39, 0.29) is 31.8 Å². The molecule has 6 nitrogen and oxygen atoms in total. The first-order valence-electron chi connectivity index (χ1n) is 6.83. The fraction of sp³-hybridized carbons (Fsp3) is 0.312. The SMILES string of the molecule is C=CCOCC(NC(=O)CCC(=O)c1ccccc1)C(=O)O. The minimum absolute atomic E-state index is 0.0235. The Labute approximate surface area is 128 Å². The summed E-state index contributed by atoms with van der Waals surface area (Å²) < 4.78 is 5.02. The van der Waals surface area contributed by atoms with Gasteiger partial charge in [-0.3, -0.25) is 9.59 Å². The van der Waals surface area contributed by atoms with Gasteiger partial charge in [0.2, 0.25) is 5.91 Å². The monoisotopic (exact) mass is 305 g/mol. The standard InChI is InChI=1S/C16H19NO5/c1-2-10-22-11-13(16(20)21)17-15(19)9-8-14(18)12-6-4-3-5-7-12/h2-7,13H,1,8-11H2,(H,17,19)(H,20,21). The van der Waals surface area contributed by atoms with Crippen LogP contribution in [-0.4, -0.2) is 42.0 Å². The van der Waals surface area contributed by atoms with Crippen molar-refractivity contribution >= 4 is 17.7 Å². The minimum atomic E-state index is -1.19. The van der Waals surface area contributed by atoms with E-state index in [1.807, 2.05) is 0 Å². The number of carbonyl (C=O) groups is 3. The zero-order chi connectivity index (χ0) is 16.4. The molecule has 1 atom stereocenters. The van der Waals surface area contributed by atoms with Gasteiger partial charge in [-0.15, -0.1) is 6.58 Å². The quantitative estimate of drug-likeness (QED) is 0.387. The fourth-order valence-corrected chi connectivity index (χ4v) is 1.71. The molecular weight excluding hydrogens is 286 g/mol. The molecule has 0 aliphatic carbocycles. The maximum Gasteiger partial charge on any atom is 0.328 e. The van der Waals surface area contributed by atoms with E-state index in [0.29, 0.717) is 5.56 Å². The molecule has 2 N–H and O–H groups in total. The van der Waals surface area contributed by atoms with Gasteiger partial charge in [-0.1, -0.05) is 36.4 Å². The molecule has 1 rings (SSSR count). The highest BCUT2D eigenvalue weighted by atomic mass is 16.5. The predicted molar refractivity (Wildman–Crippen MR) is 80.6 cm³/mol. The largest absolute Gasteiger partial charge is 0.480 e. The van der Waals surface area contributed by atoms with Gasteiger partial charge in [0.1, 0.15) is 0 Å². The number of carboxylic acids is 1. The zero-order valence-corrected chi connectivity index (χ0v) is 12.2. The highest BCUT2D eigenvalue weighted by Gasteiger charge is 2.20. The zero-order valence-electron chi connectivity index (χ0n) is 12.2. The minimum Gasteiger partial charge on any atom is -0.480 e. The van der Waals surface area contributed by atoms with Gasteiger partial charge in [0.25, 0.3) is 0 Å². The highest BCUT2D eigenvalue weighted by Crippen LogP contribution is 2.05. The Hall–Kier alpha value is -2.47. The number of ether oxygens (including phenoxy) is 1. The van der Waals surface area contributed by atoms with Crippen molar-refractivity contribution in [1.29, 1.82) is 0 Å². The van der Waals surface area contributed by atoms with Crippen LogP contribution in [0.1, 0.15) is 23.2 Å². The second kappa shape index (κ2) is 9.46. The summed E-state index contributed by atoms with van der Waals surface area (Å²) in [6.45, 7) is 3.49. The van der Waals surface area contributed by atoms with E-state index >= 15 is 0 Å². The van der Waals surface area contributed by atoms with E-state index < -0.39 is 17.9 Å². The number of hydrogen-bond acceptors (Lipinski definition) is 4. The first kappa shape index (κ1) is 17.6. The van der Waals surface area contributed by atoms with Crippen LogP contribution in [0.4, 0.5) is 0 Å². The Bertz CT molecular complexity index is 527. The summed E-state index contributed by atoms with van der Waals surface area (Å²) in [5.41, 5.74) is 0.527. The number of Topliss-reactive ketones (excluding diaryl/α,β-unsaturated/α-hetero) is 1. The summed E-state index contributed by atoms with van der Waals surface area (Å²) in [7, 11) is 0. The Morgan fingerprint density at radius 2 is 1.91 bits per heavy atom. The van der Waals surface area contributed by atoms with Crippen LogP contribution in [0.5, 0.6) is 0 Å². The molecule has 0 aliphatic heterocycles. The van der Waals surface area contributed by atoms with Gasteiger partial charge in [-0.2, -0.15) is 0 Å². The summed E-state index contributed by atoms with van der Waals surface area (Å²) >= 11 is 0. The lowest BCUT2D eigenvalue weighted by molar-refractivity contribution is -0.143. The van der Waals surface area contributed by atoms with Crippen LogP contribution in [0.25, 0.3) is 0 Å². The molecule has 0 radical (unpaired) electrons. The topological polar surface area (TPSA) is 92.7 Å². The van der Waals surface area contributed by atoms with Crippen molar-refractivity contribution in [1.82, 2.24) is 5.32 Å². The molecule has 6 heteroatoms. The van der Waals surface area contributed by atoms with E-state index in [4.69, 9.17) is 9.84 Å². The van der Waals surface area contributed by atoms with E-state index in [1.165, 1.54) is 6.08 Å². The van der Waals surface area contributed by atoms with Gasteiger partial charge in [0, 0.05) is 18.4 Å². The lowest BCUT2D eigenvalue weighted by Gasteiger charge is -2.14. The first-order valence-corrected chi connectivity index (χ1v) is 6.83. The van der Waals surface area contributed by atoms with Crippen molar-refractivity contribution in [2.24, 2.45) is 0 Å². The molecule has 118 valence electrons. The van der Waals surface area contributed by atoms with Crippen LogP contribution in [-0.2, 0) is 14.3 Å². The van der Waals surface area contributed by atoms with Gasteiger partial charge >= 0.3 is 5.97 Å². The van der Waals surface area contributed by atoms with E-state index in [0.717, 1.165) is 0 Å². The third-order valence-electron chi connectivity index (χ3n) is 2.83. The number of hydrogen-bond donors (Lipinski definition) is 2. The summed E-state index contributed by atoms with van der Waals surface area (Å²) in [6.07, 6.45) is 1.44. The average Bonchev–Trinajstić information content (AvgIpc) is 2.52. The molecule has 0 saturated carbocycles. The molecule has 1 aromatic rings. The molecule has 0 aromatic heterocycles. The van der Waals surface area contributed by atoms with Crippen LogP contribution in [0, 0.1) is 0 Å². The van der Waals surface area contributed by atoms with Crippen LogP contribution in [0.2, 0.25) is 0 Å². The fourth-order valence-electron chi connectivity index (χ4n) is 1.71. The highest BCUT2D eigenvalue weighted by molar-refractivity contribution is 5.98. The van der Waals surface area contributed by atoms with Crippen molar-refractivity contribution < 1.29 is 24.2 Å². The summed E-state index contributed by atoms with van der Waals surface area (Å²) in [5.74, 6) is -1.85. The maximum atomic E-state index is 11.8. The molecule has 0 bridgehead atoms. The maximum absolute atomic E-state index is 11.8. The number of aliphatic carboxylic acids is 1. The molecule has 0 fully saturated rings. The third-order valence-corrected chi connectivity index (χ3v) is 2.83. The summed E-state index contributed by atoms with van der Waals surface area (Å²) in [6, 6.07) is 7.48. The molecule has 0 aliphatic rings. The van der Waals surface area contributed by atoms with Crippen LogP contribution in [0.15, 0.2) is 43.0 Å².